The number of hydrogen-bond donors (Lipinski definition) is 0. The molecule has 2 rings (SSSR count). The zero-order chi connectivity index (χ0) is 14.2. The molecule has 1 aliphatic heterocycles. The Balaban J connectivity index is 2.33. The van der Waals surface area contributed by atoms with Gasteiger partial charge in [0.1, 0.15) is 5.69 Å². The summed E-state index contributed by atoms with van der Waals surface area (Å²) in [7, 11) is 1.29. The first kappa shape index (κ1) is 14.0. The van der Waals surface area contributed by atoms with Crippen LogP contribution in [0.2, 0.25) is 10.4 Å². The fourth-order valence-electron chi connectivity index (χ4n) is 2.05. The normalized spacial score (nSPS) is 18.8. The van der Waals surface area contributed by atoms with E-state index in [9.17, 15) is 9.59 Å². The van der Waals surface area contributed by atoms with E-state index in [0.29, 0.717) is 11.4 Å². The second-order valence-electron chi connectivity index (χ2n) is 4.15. The van der Waals surface area contributed by atoms with Gasteiger partial charge in [0.15, 0.2) is 5.15 Å². The van der Waals surface area contributed by atoms with Crippen LogP contribution >= 0.6 is 23.2 Å². The average Bonchev–Trinajstić information content (AvgIpc) is 2.69. The molecule has 102 valence electrons. The van der Waals surface area contributed by atoms with Crippen molar-refractivity contribution in [2.75, 3.05) is 18.6 Å². The molecule has 19 heavy (non-hydrogen) atoms. The predicted octanol–water partition coefficient (Wildman–Crippen LogP) is 1.62. The van der Waals surface area contributed by atoms with E-state index in [4.69, 9.17) is 23.2 Å². The fraction of sp³-hybridized carbons (Fsp3) is 0.455. The lowest BCUT2D eigenvalue weighted by atomic mass is 10.1. The van der Waals surface area contributed by atoms with Gasteiger partial charge in [0.2, 0.25) is 11.2 Å². The number of amides is 1. The van der Waals surface area contributed by atoms with Crippen LogP contribution in [0.3, 0.4) is 0 Å². The molecule has 6 nitrogen and oxygen atoms in total. The standard InChI is InChI=1S/C11H11Cl2N3O3/c1-5-8(9(12)15-11(13)14-5)16-4-6(3-7(16)17)10(18)19-2/h6H,3-4H2,1-2H3. The lowest BCUT2D eigenvalue weighted by molar-refractivity contribution is -0.145. The number of aryl methyl sites for hydroxylation is 1. The number of carbonyl (C=O) groups excluding carboxylic acids is 2. The fourth-order valence-corrected chi connectivity index (χ4v) is 2.63. The van der Waals surface area contributed by atoms with Crippen LogP contribution in [-0.4, -0.2) is 35.5 Å². The highest BCUT2D eigenvalue weighted by atomic mass is 35.5. The first-order valence-corrected chi connectivity index (χ1v) is 6.27. The number of anilines is 1. The molecule has 0 bridgehead atoms. The zero-order valence-electron chi connectivity index (χ0n) is 10.3. The van der Waals surface area contributed by atoms with Crippen molar-refractivity contribution in [3.63, 3.8) is 0 Å². The number of rotatable bonds is 2. The Morgan fingerprint density at radius 1 is 1.42 bits per heavy atom. The monoisotopic (exact) mass is 303 g/mol. The van der Waals surface area contributed by atoms with Crippen molar-refractivity contribution in [2.45, 2.75) is 13.3 Å². The molecule has 1 fully saturated rings. The summed E-state index contributed by atoms with van der Waals surface area (Å²) in [6.07, 6.45) is 0.0884. The number of halogens is 2. The quantitative estimate of drug-likeness (QED) is 0.471. The van der Waals surface area contributed by atoms with Gasteiger partial charge in [0, 0.05) is 13.0 Å². The van der Waals surface area contributed by atoms with Gasteiger partial charge in [-0.1, -0.05) is 11.6 Å². The van der Waals surface area contributed by atoms with E-state index in [1.807, 2.05) is 0 Å². The van der Waals surface area contributed by atoms with Crippen molar-refractivity contribution < 1.29 is 14.3 Å². The van der Waals surface area contributed by atoms with Crippen molar-refractivity contribution in [3.05, 3.63) is 16.1 Å². The summed E-state index contributed by atoms with van der Waals surface area (Å²) in [5.74, 6) is -1.13. The third-order valence-electron chi connectivity index (χ3n) is 2.92. The predicted molar refractivity (Wildman–Crippen MR) is 69.3 cm³/mol. The van der Waals surface area contributed by atoms with Crippen molar-refractivity contribution in [3.8, 4) is 0 Å². The Bertz CT molecular complexity index is 527. The Morgan fingerprint density at radius 3 is 2.68 bits per heavy atom. The molecule has 2 heterocycles. The molecular formula is C11H11Cl2N3O3. The molecule has 0 aliphatic carbocycles. The molecule has 1 atom stereocenters. The Morgan fingerprint density at radius 2 is 2.11 bits per heavy atom. The maximum Gasteiger partial charge on any atom is 0.311 e. The number of methoxy groups -OCH3 is 1. The summed E-state index contributed by atoms with van der Waals surface area (Å²) in [6, 6.07) is 0. The third-order valence-corrected chi connectivity index (χ3v) is 3.35. The van der Waals surface area contributed by atoms with Crippen LogP contribution in [0.1, 0.15) is 12.1 Å². The maximum atomic E-state index is 12.0. The molecule has 1 aliphatic rings. The Labute approximate surface area is 119 Å². The number of nitrogens with zero attached hydrogens (tertiary/aromatic N) is 3. The van der Waals surface area contributed by atoms with E-state index in [2.05, 4.69) is 14.7 Å². The van der Waals surface area contributed by atoms with E-state index in [-0.39, 0.29) is 29.3 Å². The third kappa shape index (κ3) is 2.64. The summed E-state index contributed by atoms with van der Waals surface area (Å²) < 4.78 is 4.64. The minimum absolute atomic E-state index is 0.0161. The lowest BCUT2D eigenvalue weighted by Gasteiger charge is -2.19. The minimum atomic E-state index is -0.497. The highest BCUT2D eigenvalue weighted by molar-refractivity contribution is 6.34. The lowest BCUT2D eigenvalue weighted by Crippen LogP contribution is -2.27. The van der Waals surface area contributed by atoms with Gasteiger partial charge in [-0.2, -0.15) is 0 Å². The molecule has 0 radical (unpaired) electrons. The summed E-state index contributed by atoms with van der Waals surface area (Å²) in [4.78, 5) is 32.6. The number of esters is 1. The van der Waals surface area contributed by atoms with E-state index in [0.717, 1.165) is 0 Å². The second kappa shape index (κ2) is 5.30. The largest absolute Gasteiger partial charge is 0.469 e. The van der Waals surface area contributed by atoms with Gasteiger partial charge in [0.05, 0.1) is 18.7 Å². The van der Waals surface area contributed by atoms with Crippen LogP contribution in [0.15, 0.2) is 0 Å². The molecule has 0 N–H and O–H groups in total. The molecule has 8 heteroatoms. The van der Waals surface area contributed by atoms with Crippen molar-refractivity contribution in [1.29, 1.82) is 0 Å². The summed E-state index contributed by atoms with van der Waals surface area (Å²) in [6.45, 7) is 1.88. The molecule has 1 amide bonds. The van der Waals surface area contributed by atoms with Crippen LogP contribution in [0.25, 0.3) is 0 Å². The molecule has 0 spiro atoms. The van der Waals surface area contributed by atoms with E-state index >= 15 is 0 Å². The second-order valence-corrected chi connectivity index (χ2v) is 4.84. The van der Waals surface area contributed by atoms with Crippen molar-refractivity contribution in [1.82, 2.24) is 9.97 Å². The molecule has 0 saturated carbocycles. The van der Waals surface area contributed by atoms with E-state index in [1.165, 1.54) is 12.0 Å². The number of ether oxygens (including phenoxy) is 1. The Kier molecular flexibility index (Phi) is 3.91. The van der Waals surface area contributed by atoms with Crippen LogP contribution in [0.4, 0.5) is 5.69 Å². The minimum Gasteiger partial charge on any atom is -0.469 e. The molecule has 1 unspecified atom stereocenters. The topological polar surface area (TPSA) is 72.4 Å². The number of carbonyl (C=O) groups is 2. The first-order chi connectivity index (χ1) is 8.93. The van der Waals surface area contributed by atoms with Gasteiger partial charge in [-0.3, -0.25) is 9.59 Å². The number of hydrogen-bond acceptors (Lipinski definition) is 5. The molecule has 1 saturated heterocycles. The van der Waals surface area contributed by atoms with Gasteiger partial charge < -0.3 is 9.64 Å². The van der Waals surface area contributed by atoms with Crippen LogP contribution < -0.4 is 4.90 Å². The summed E-state index contributed by atoms with van der Waals surface area (Å²) in [5, 5.41) is 0.110. The maximum absolute atomic E-state index is 12.0. The Hall–Kier alpha value is -1.40. The van der Waals surface area contributed by atoms with Gasteiger partial charge in [-0.05, 0) is 18.5 Å². The highest BCUT2D eigenvalue weighted by Gasteiger charge is 2.37. The van der Waals surface area contributed by atoms with Crippen molar-refractivity contribution >= 4 is 40.8 Å². The van der Waals surface area contributed by atoms with Crippen LogP contribution in [0.5, 0.6) is 0 Å². The molecule has 1 aromatic heterocycles. The molecule has 1 aromatic rings. The van der Waals surface area contributed by atoms with Crippen LogP contribution in [0, 0.1) is 12.8 Å². The molecular weight excluding hydrogens is 293 g/mol. The molecule has 0 aromatic carbocycles. The van der Waals surface area contributed by atoms with Crippen molar-refractivity contribution in [2.24, 2.45) is 5.92 Å². The van der Waals surface area contributed by atoms with Gasteiger partial charge >= 0.3 is 5.97 Å². The highest BCUT2D eigenvalue weighted by Crippen LogP contribution is 2.33. The van der Waals surface area contributed by atoms with E-state index < -0.39 is 11.9 Å². The van der Waals surface area contributed by atoms with Gasteiger partial charge in [0.25, 0.3) is 0 Å². The first-order valence-electron chi connectivity index (χ1n) is 5.52. The SMILES string of the molecule is COC(=O)C1CC(=O)N(c2c(C)nc(Cl)nc2Cl)C1. The zero-order valence-corrected chi connectivity index (χ0v) is 11.8. The average molecular weight is 304 g/mol. The van der Waals surface area contributed by atoms with E-state index in [1.54, 1.807) is 6.92 Å². The van der Waals surface area contributed by atoms with Crippen LogP contribution in [-0.2, 0) is 14.3 Å². The summed E-state index contributed by atoms with van der Waals surface area (Å²) >= 11 is 11.7. The number of aromatic nitrogens is 2. The van der Waals surface area contributed by atoms with Gasteiger partial charge in [-0.15, -0.1) is 0 Å². The van der Waals surface area contributed by atoms with Gasteiger partial charge in [-0.25, -0.2) is 9.97 Å². The smallest absolute Gasteiger partial charge is 0.311 e. The summed E-state index contributed by atoms with van der Waals surface area (Å²) in [5.41, 5.74) is 0.881.